The van der Waals surface area contributed by atoms with E-state index in [2.05, 4.69) is 29.4 Å². The van der Waals surface area contributed by atoms with Gasteiger partial charge in [-0.05, 0) is 36.8 Å². The Morgan fingerprint density at radius 1 is 1.25 bits per heavy atom. The number of anilines is 1. The van der Waals surface area contributed by atoms with Crippen molar-refractivity contribution in [1.29, 1.82) is 0 Å². The van der Waals surface area contributed by atoms with Gasteiger partial charge in [0.1, 0.15) is 5.75 Å². The molecule has 0 fully saturated rings. The van der Waals surface area contributed by atoms with Crippen LogP contribution in [0.3, 0.4) is 0 Å². The molecule has 0 unspecified atom stereocenters. The fourth-order valence-corrected chi connectivity index (χ4v) is 1.47. The number of aryl methyl sites for hydroxylation is 1. The Labute approximate surface area is 94.8 Å². The summed E-state index contributed by atoms with van der Waals surface area (Å²) in [4.78, 5) is 4.10. The lowest BCUT2D eigenvalue weighted by molar-refractivity contribution is 0.472. The number of aromatic nitrogens is 1. The van der Waals surface area contributed by atoms with Gasteiger partial charge in [-0.2, -0.15) is 0 Å². The average molecular weight is 214 g/mol. The quantitative estimate of drug-likeness (QED) is 0.825. The van der Waals surface area contributed by atoms with Crippen molar-refractivity contribution in [3.8, 4) is 5.75 Å². The first-order valence-electron chi connectivity index (χ1n) is 5.18. The van der Waals surface area contributed by atoms with Gasteiger partial charge in [0, 0.05) is 5.69 Å². The predicted molar refractivity (Wildman–Crippen MR) is 64.4 cm³/mol. The van der Waals surface area contributed by atoms with E-state index in [1.165, 1.54) is 11.8 Å². The first kappa shape index (κ1) is 10.5. The lowest BCUT2D eigenvalue weighted by atomic mass is 10.2. The van der Waals surface area contributed by atoms with Crippen molar-refractivity contribution in [2.75, 3.05) is 5.32 Å². The number of hydrogen-bond donors (Lipinski definition) is 2. The standard InChI is InChI=1S/C13H14N2O/c1-10-3-2-4-11(7-10)14-8-12-5-6-13(16)9-15-12/h2-7,9,14,16H,8H2,1H3. The normalized spacial score (nSPS) is 10.1. The van der Waals surface area contributed by atoms with Gasteiger partial charge in [-0.3, -0.25) is 4.98 Å². The van der Waals surface area contributed by atoms with Crippen LogP contribution in [0.5, 0.6) is 5.75 Å². The van der Waals surface area contributed by atoms with Crippen LogP contribution >= 0.6 is 0 Å². The van der Waals surface area contributed by atoms with Crippen LogP contribution in [0.4, 0.5) is 5.69 Å². The molecule has 1 aromatic heterocycles. The van der Waals surface area contributed by atoms with Crippen molar-refractivity contribution < 1.29 is 5.11 Å². The SMILES string of the molecule is Cc1cccc(NCc2ccc(O)cn2)c1. The van der Waals surface area contributed by atoms with Crippen molar-refractivity contribution >= 4 is 5.69 Å². The number of hydrogen-bond acceptors (Lipinski definition) is 3. The van der Waals surface area contributed by atoms with Gasteiger partial charge >= 0.3 is 0 Å². The predicted octanol–water partition coefficient (Wildman–Crippen LogP) is 2.71. The highest BCUT2D eigenvalue weighted by Gasteiger charge is 1.96. The van der Waals surface area contributed by atoms with Crippen molar-refractivity contribution in [2.24, 2.45) is 0 Å². The summed E-state index contributed by atoms with van der Waals surface area (Å²) in [6.45, 7) is 2.72. The molecule has 0 radical (unpaired) electrons. The Hall–Kier alpha value is -2.03. The monoisotopic (exact) mass is 214 g/mol. The van der Waals surface area contributed by atoms with Crippen LogP contribution in [-0.2, 0) is 6.54 Å². The third-order valence-electron chi connectivity index (χ3n) is 2.30. The smallest absolute Gasteiger partial charge is 0.133 e. The molecular weight excluding hydrogens is 200 g/mol. The van der Waals surface area contributed by atoms with E-state index in [9.17, 15) is 0 Å². The topological polar surface area (TPSA) is 45.1 Å². The van der Waals surface area contributed by atoms with E-state index >= 15 is 0 Å². The van der Waals surface area contributed by atoms with Crippen molar-refractivity contribution in [3.05, 3.63) is 53.9 Å². The second kappa shape index (κ2) is 4.66. The van der Waals surface area contributed by atoms with Crippen molar-refractivity contribution in [1.82, 2.24) is 4.98 Å². The summed E-state index contributed by atoms with van der Waals surface area (Å²) >= 11 is 0. The molecule has 2 rings (SSSR count). The molecule has 16 heavy (non-hydrogen) atoms. The molecule has 1 heterocycles. The minimum absolute atomic E-state index is 0.194. The molecule has 0 saturated carbocycles. The van der Waals surface area contributed by atoms with E-state index in [1.807, 2.05) is 12.1 Å². The van der Waals surface area contributed by atoms with E-state index in [-0.39, 0.29) is 5.75 Å². The van der Waals surface area contributed by atoms with Gasteiger partial charge < -0.3 is 10.4 Å². The molecule has 0 aliphatic heterocycles. The van der Waals surface area contributed by atoms with E-state index in [0.29, 0.717) is 6.54 Å². The Morgan fingerprint density at radius 3 is 2.81 bits per heavy atom. The first-order valence-corrected chi connectivity index (χ1v) is 5.18. The number of nitrogens with zero attached hydrogens (tertiary/aromatic N) is 1. The Balaban J connectivity index is 1.99. The minimum Gasteiger partial charge on any atom is -0.506 e. The van der Waals surface area contributed by atoms with Crippen LogP contribution < -0.4 is 5.32 Å². The number of aromatic hydroxyl groups is 1. The molecule has 0 aliphatic rings. The van der Waals surface area contributed by atoms with Gasteiger partial charge in [-0.15, -0.1) is 0 Å². The Bertz CT molecular complexity index is 466. The van der Waals surface area contributed by atoms with Crippen LogP contribution in [0, 0.1) is 6.92 Å². The molecule has 0 saturated heterocycles. The second-order valence-corrected chi connectivity index (χ2v) is 3.73. The van der Waals surface area contributed by atoms with Gasteiger partial charge in [0.25, 0.3) is 0 Å². The minimum atomic E-state index is 0.194. The summed E-state index contributed by atoms with van der Waals surface area (Å²) in [7, 11) is 0. The lowest BCUT2D eigenvalue weighted by Crippen LogP contribution is -2.01. The summed E-state index contributed by atoms with van der Waals surface area (Å²) in [6, 6.07) is 11.6. The third-order valence-corrected chi connectivity index (χ3v) is 2.30. The molecule has 2 aromatic rings. The maximum atomic E-state index is 9.10. The van der Waals surface area contributed by atoms with Crippen LogP contribution in [0.2, 0.25) is 0 Å². The maximum absolute atomic E-state index is 9.10. The molecule has 3 heteroatoms. The molecular formula is C13H14N2O. The number of pyridine rings is 1. The first-order chi connectivity index (χ1) is 7.74. The highest BCUT2D eigenvalue weighted by molar-refractivity contribution is 5.45. The van der Waals surface area contributed by atoms with Gasteiger partial charge in [-0.25, -0.2) is 0 Å². The molecule has 82 valence electrons. The molecule has 0 bridgehead atoms. The van der Waals surface area contributed by atoms with Crippen molar-refractivity contribution in [3.63, 3.8) is 0 Å². The molecule has 0 amide bonds. The molecule has 0 atom stereocenters. The average Bonchev–Trinajstić information content (AvgIpc) is 2.28. The van der Waals surface area contributed by atoms with Crippen LogP contribution in [0.1, 0.15) is 11.3 Å². The molecule has 3 nitrogen and oxygen atoms in total. The molecule has 2 N–H and O–H groups in total. The number of benzene rings is 1. The van der Waals surface area contributed by atoms with Crippen LogP contribution in [0.15, 0.2) is 42.6 Å². The van der Waals surface area contributed by atoms with Gasteiger partial charge in [-0.1, -0.05) is 12.1 Å². The zero-order chi connectivity index (χ0) is 11.4. The summed E-state index contributed by atoms with van der Waals surface area (Å²) in [5.41, 5.74) is 3.21. The van der Waals surface area contributed by atoms with E-state index < -0.39 is 0 Å². The van der Waals surface area contributed by atoms with Gasteiger partial charge in [0.2, 0.25) is 0 Å². The zero-order valence-corrected chi connectivity index (χ0v) is 9.14. The van der Waals surface area contributed by atoms with Crippen molar-refractivity contribution in [2.45, 2.75) is 13.5 Å². The highest BCUT2D eigenvalue weighted by Crippen LogP contribution is 2.11. The van der Waals surface area contributed by atoms with E-state index in [0.717, 1.165) is 11.4 Å². The van der Waals surface area contributed by atoms with E-state index in [4.69, 9.17) is 5.11 Å². The highest BCUT2D eigenvalue weighted by atomic mass is 16.3. The van der Waals surface area contributed by atoms with Crippen LogP contribution in [-0.4, -0.2) is 10.1 Å². The van der Waals surface area contributed by atoms with Crippen LogP contribution in [0.25, 0.3) is 0 Å². The van der Waals surface area contributed by atoms with Gasteiger partial charge in [0.05, 0.1) is 18.4 Å². The zero-order valence-electron chi connectivity index (χ0n) is 9.14. The largest absolute Gasteiger partial charge is 0.506 e. The number of rotatable bonds is 3. The maximum Gasteiger partial charge on any atom is 0.133 e. The second-order valence-electron chi connectivity index (χ2n) is 3.73. The third kappa shape index (κ3) is 2.73. The van der Waals surface area contributed by atoms with Gasteiger partial charge in [0.15, 0.2) is 0 Å². The molecule has 0 aliphatic carbocycles. The summed E-state index contributed by atoms with van der Waals surface area (Å²) in [5, 5.41) is 12.4. The van der Waals surface area contributed by atoms with E-state index in [1.54, 1.807) is 12.1 Å². The number of nitrogens with one attached hydrogen (secondary N) is 1. The fourth-order valence-electron chi connectivity index (χ4n) is 1.47. The molecule has 0 spiro atoms. The fraction of sp³-hybridized carbons (Fsp3) is 0.154. The Morgan fingerprint density at radius 2 is 2.12 bits per heavy atom. The lowest BCUT2D eigenvalue weighted by Gasteiger charge is -2.06. The molecule has 1 aromatic carbocycles. The summed E-state index contributed by atoms with van der Waals surface area (Å²) < 4.78 is 0. The summed E-state index contributed by atoms with van der Waals surface area (Å²) in [5.74, 6) is 0.194. The summed E-state index contributed by atoms with van der Waals surface area (Å²) in [6.07, 6.45) is 1.45. The Kier molecular flexibility index (Phi) is 3.05.